The van der Waals surface area contributed by atoms with Gasteiger partial charge in [0.2, 0.25) is 0 Å². The quantitative estimate of drug-likeness (QED) is 0.220. The molecule has 5 heterocycles. The Kier molecular flexibility index (Phi) is 7.57. The number of likely N-dealkylation sites (tertiary alicyclic amines) is 1. The second kappa shape index (κ2) is 11.5. The first kappa shape index (κ1) is 27.7. The van der Waals surface area contributed by atoms with Gasteiger partial charge in [0.25, 0.3) is 5.91 Å². The van der Waals surface area contributed by atoms with Crippen LogP contribution in [0.15, 0.2) is 66.0 Å². The van der Waals surface area contributed by atoms with E-state index in [1.165, 1.54) is 48.1 Å². The van der Waals surface area contributed by atoms with Crippen molar-refractivity contribution in [2.45, 2.75) is 82.3 Å². The number of carbonyl (C=O) groups excluding carboxylic acids is 1. The number of piperidine rings is 2. The van der Waals surface area contributed by atoms with Gasteiger partial charge in [0, 0.05) is 31.2 Å². The largest absolute Gasteiger partial charge is 0.492 e. The number of fused-ring (bicyclic) bond motifs is 3. The number of thiophene rings is 1. The molecule has 3 aliphatic heterocycles. The van der Waals surface area contributed by atoms with E-state index < -0.39 is 0 Å². The number of aromatic nitrogens is 2. The van der Waals surface area contributed by atoms with E-state index in [0.717, 1.165) is 60.9 Å². The van der Waals surface area contributed by atoms with Gasteiger partial charge in [-0.25, -0.2) is 4.98 Å². The van der Waals surface area contributed by atoms with Crippen LogP contribution in [0.3, 0.4) is 0 Å². The van der Waals surface area contributed by atoms with Crippen LogP contribution in [0, 0.1) is 6.92 Å². The summed E-state index contributed by atoms with van der Waals surface area (Å²) in [5.41, 5.74) is 3.94. The topological polar surface area (TPSA) is 50.6 Å². The number of carbonyl (C=O) groups is 1. The minimum absolute atomic E-state index is 0.101. The molecular weight excluding hydrogens is 540 g/mol. The molecule has 0 aliphatic carbocycles. The Bertz CT molecular complexity index is 1520. The Morgan fingerprint density at radius 1 is 0.976 bits per heavy atom. The van der Waals surface area contributed by atoms with Crippen molar-refractivity contribution in [2.75, 3.05) is 26.2 Å². The Morgan fingerprint density at radius 3 is 2.43 bits per heavy atom. The van der Waals surface area contributed by atoms with Gasteiger partial charge in [0.15, 0.2) is 0 Å². The summed E-state index contributed by atoms with van der Waals surface area (Å²) in [7, 11) is 0. The fourth-order valence-corrected chi connectivity index (χ4v) is 9.07. The van der Waals surface area contributed by atoms with Crippen molar-refractivity contribution in [3.63, 3.8) is 0 Å². The molecule has 0 spiro atoms. The first-order valence-corrected chi connectivity index (χ1v) is 16.7. The minimum atomic E-state index is 0.101. The summed E-state index contributed by atoms with van der Waals surface area (Å²) in [5, 5.41) is 1.96. The van der Waals surface area contributed by atoms with E-state index in [1.807, 2.05) is 18.4 Å². The molecule has 3 atom stereocenters. The lowest BCUT2D eigenvalue weighted by Crippen LogP contribution is -2.49. The predicted octanol–water partition coefficient (Wildman–Crippen LogP) is 7.24. The maximum absolute atomic E-state index is 13.5. The molecule has 1 amide bonds. The van der Waals surface area contributed by atoms with Crippen LogP contribution in [0.5, 0.6) is 5.75 Å². The molecule has 2 aromatic heterocycles. The van der Waals surface area contributed by atoms with Crippen molar-refractivity contribution in [3.8, 4) is 5.75 Å². The molecule has 7 heteroatoms. The van der Waals surface area contributed by atoms with Crippen molar-refractivity contribution < 1.29 is 9.53 Å². The average Bonchev–Trinajstić information content (AvgIpc) is 3.69. The number of hydrogen-bond donors (Lipinski definition) is 0. The van der Waals surface area contributed by atoms with Gasteiger partial charge < -0.3 is 14.2 Å². The number of imidazole rings is 1. The summed E-state index contributed by atoms with van der Waals surface area (Å²) in [5.74, 6) is 2.00. The van der Waals surface area contributed by atoms with E-state index in [4.69, 9.17) is 9.72 Å². The number of rotatable bonds is 8. The number of nitrogens with zero attached hydrogens (tertiary/aromatic N) is 4. The molecule has 4 aromatic rings. The summed E-state index contributed by atoms with van der Waals surface area (Å²) in [6, 6.07) is 23.5. The Balaban J connectivity index is 1.06. The third-order valence-electron chi connectivity index (χ3n) is 10.4. The van der Waals surface area contributed by atoms with Gasteiger partial charge in [-0.2, -0.15) is 0 Å². The zero-order valence-electron chi connectivity index (χ0n) is 24.9. The fourth-order valence-electron chi connectivity index (χ4n) is 8.27. The van der Waals surface area contributed by atoms with E-state index in [-0.39, 0.29) is 11.3 Å². The van der Waals surface area contributed by atoms with Gasteiger partial charge in [0.05, 0.1) is 17.6 Å². The van der Waals surface area contributed by atoms with E-state index in [1.54, 1.807) is 0 Å². The second-order valence-corrected chi connectivity index (χ2v) is 13.4. The Hall–Kier alpha value is -3.16. The number of ether oxygens (including phenoxy) is 1. The molecule has 3 saturated heterocycles. The third kappa shape index (κ3) is 4.94. The van der Waals surface area contributed by atoms with E-state index in [9.17, 15) is 4.79 Å². The maximum atomic E-state index is 13.5. The zero-order chi connectivity index (χ0) is 28.7. The van der Waals surface area contributed by atoms with Crippen molar-refractivity contribution in [1.29, 1.82) is 0 Å². The van der Waals surface area contributed by atoms with Gasteiger partial charge in [0.1, 0.15) is 16.5 Å². The van der Waals surface area contributed by atoms with Crippen molar-refractivity contribution in [2.24, 2.45) is 0 Å². The van der Waals surface area contributed by atoms with Crippen LogP contribution in [-0.4, -0.2) is 63.6 Å². The highest BCUT2D eigenvalue weighted by molar-refractivity contribution is 7.12. The first-order valence-electron chi connectivity index (χ1n) is 15.8. The van der Waals surface area contributed by atoms with Crippen molar-refractivity contribution in [3.05, 3.63) is 82.3 Å². The SMILES string of the molecule is CCOc1ccsc1C(=O)N1CCC(CCN2[C@@H]3CC[C@H]2CC(n2c(C)nc4ccccc42)C3)(c2ccccc2)CC1. The lowest BCUT2D eigenvalue weighted by molar-refractivity contribution is 0.0608. The molecule has 1 unspecified atom stereocenters. The highest BCUT2D eigenvalue weighted by atomic mass is 32.1. The molecule has 7 rings (SSSR count). The fraction of sp³-hybridized carbons (Fsp3) is 0.486. The number of benzene rings is 2. The lowest BCUT2D eigenvalue weighted by atomic mass is 9.70. The molecule has 0 radical (unpaired) electrons. The molecule has 2 bridgehead atoms. The molecular formula is C35H42N4O2S. The number of para-hydroxylation sites is 2. The standard InChI is InChI=1S/C35H42N4O2S/c1-3-41-32-15-22-42-33(32)34(40)37-19-16-35(17-20-37,26-9-5-4-6-10-26)18-21-38-27-13-14-28(38)24-29(23-27)39-25(2)36-30-11-7-8-12-31(30)39/h4-12,15,22,27-29H,3,13-14,16-21,23-24H2,1-2H3/t27-,28+,29?. The van der Waals surface area contributed by atoms with Crippen molar-refractivity contribution >= 4 is 28.3 Å². The Labute approximate surface area is 253 Å². The van der Waals surface area contributed by atoms with Crippen LogP contribution < -0.4 is 4.74 Å². The summed E-state index contributed by atoms with van der Waals surface area (Å²) in [4.78, 5) is 24.0. The zero-order valence-corrected chi connectivity index (χ0v) is 25.7. The molecule has 220 valence electrons. The normalized spacial score (nSPS) is 23.9. The molecule has 42 heavy (non-hydrogen) atoms. The van der Waals surface area contributed by atoms with Crippen LogP contribution in [-0.2, 0) is 5.41 Å². The van der Waals surface area contributed by atoms with E-state index in [2.05, 4.69) is 75.9 Å². The van der Waals surface area contributed by atoms with Crippen LogP contribution >= 0.6 is 11.3 Å². The van der Waals surface area contributed by atoms with Crippen LogP contribution in [0.4, 0.5) is 0 Å². The monoisotopic (exact) mass is 582 g/mol. The van der Waals surface area contributed by atoms with Crippen LogP contribution in [0.25, 0.3) is 11.0 Å². The number of aryl methyl sites for hydroxylation is 1. The van der Waals surface area contributed by atoms with Gasteiger partial charge in [-0.05, 0) is 99.9 Å². The van der Waals surface area contributed by atoms with E-state index >= 15 is 0 Å². The second-order valence-electron chi connectivity index (χ2n) is 12.5. The summed E-state index contributed by atoms with van der Waals surface area (Å²) in [6.07, 6.45) is 8.18. The average molecular weight is 583 g/mol. The van der Waals surface area contributed by atoms with Crippen LogP contribution in [0.2, 0.25) is 0 Å². The predicted molar refractivity (Wildman–Crippen MR) is 170 cm³/mol. The van der Waals surface area contributed by atoms with Gasteiger partial charge in [-0.15, -0.1) is 11.3 Å². The molecule has 3 aliphatic rings. The first-order chi connectivity index (χ1) is 20.6. The summed E-state index contributed by atoms with van der Waals surface area (Å²) >= 11 is 1.50. The number of hydrogen-bond acceptors (Lipinski definition) is 5. The van der Waals surface area contributed by atoms with Crippen LogP contribution in [0.1, 0.15) is 79.0 Å². The Morgan fingerprint density at radius 2 is 1.69 bits per heavy atom. The molecule has 0 N–H and O–H groups in total. The highest BCUT2D eigenvalue weighted by Gasteiger charge is 2.44. The molecule has 6 nitrogen and oxygen atoms in total. The minimum Gasteiger partial charge on any atom is -0.492 e. The summed E-state index contributed by atoms with van der Waals surface area (Å²) in [6.45, 7) is 7.43. The molecule has 2 aromatic carbocycles. The van der Waals surface area contributed by atoms with Gasteiger partial charge >= 0.3 is 0 Å². The third-order valence-corrected chi connectivity index (χ3v) is 11.2. The summed E-state index contributed by atoms with van der Waals surface area (Å²) < 4.78 is 8.27. The molecule has 0 saturated carbocycles. The highest BCUT2D eigenvalue weighted by Crippen LogP contribution is 2.45. The lowest BCUT2D eigenvalue weighted by Gasteiger charge is -2.45. The molecule has 3 fully saturated rings. The van der Waals surface area contributed by atoms with Gasteiger partial charge in [-0.1, -0.05) is 42.5 Å². The smallest absolute Gasteiger partial charge is 0.267 e. The van der Waals surface area contributed by atoms with Gasteiger partial charge in [-0.3, -0.25) is 9.69 Å². The van der Waals surface area contributed by atoms with Crippen molar-refractivity contribution in [1.82, 2.24) is 19.4 Å². The number of amides is 1. The maximum Gasteiger partial charge on any atom is 0.267 e. The van der Waals surface area contributed by atoms with E-state index in [0.29, 0.717) is 24.7 Å².